The number of anilines is 1. The number of ether oxygens (including phenoxy) is 1. The number of esters is 1. The van der Waals surface area contributed by atoms with Crippen molar-refractivity contribution in [2.75, 3.05) is 12.4 Å². The summed E-state index contributed by atoms with van der Waals surface area (Å²) in [4.78, 5) is 15.9. The first kappa shape index (κ1) is 13.9. The summed E-state index contributed by atoms with van der Waals surface area (Å²) < 4.78 is 10.9. The molecule has 0 atom stereocenters. The van der Waals surface area contributed by atoms with Crippen molar-refractivity contribution < 1.29 is 13.9 Å². The van der Waals surface area contributed by atoms with E-state index in [0.717, 1.165) is 15.9 Å². The number of aromatic nitrogens is 1. The number of thiazole rings is 1. The number of hydrogen-bond donors (Lipinski definition) is 1. The molecule has 0 spiro atoms. The second-order valence-corrected chi connectivity index (χ2v) is 5.54. The molecule has 2 aromatic heterocycles. The number of hydrogen-bond acceptors (Lipinski definition) is 6. The predicted molar refractivity (Wildman–Crippen MR) is 82.0 cm³/mol. The third-order valence-corrected chi connectivity index (χ3v) is 4.13. The molecular weight excluding hydrogens is 312 g/mol. The maximum Gasteiger partial charge on any atom is 0.374 e. The molecule has 0 aliphatic heterocycles. The minimum absolute atomic E-state index is 0.187. The summed E-state index contributed by atoms with van der Waals surface area (Å²) in [6.07, 6.45) is 1.45. The number of methoxy groups -OCH3 is 1. The number of furan rings is 1. The van der Waals surface area contributed by atoms with E-state index in [4.69, 9.17) is 16.0 Å². The Morgan fingerprint density at radius 1 is 1.48 bits per heavy atom. The molecule has 0 amide bonds. The van der Waals surface area contributed by atoms with Gasteiger partial charge < -0.3 is 14.5 Å². The molecule has 1 N–H and O–H groups in total. The highest BCUT2D eigenvalue weighted by Crippen LogP contribution is 2.32. The fourth-order valence-electron chi connectivity index (χ4n) is 2.00. The van der Waals surface area contributed by atoms with E-state index in [2.05, 4.69) is 15.0 Å². The second kappa shape index (κ2) is 5.75. The van der Waals surface area contributed by atoms with Crippen LogP contribution in [0, 0.1) is 0 Å². The Morgan fingerprint density at radius 2 is 2.33 bits per heavy atom. The third-order valence-electron chi connectivity index (χ3n) is 3.02. The average molecular weight is 323 g/mol. The maximum atomic E-state index is 11.6. The SMILES string of the molecule is COC(=O)c1occc1CNc1c(Cl)ccc2scnc12. The minimum atomic E-state index is -0.505. The number of nitrogens with zero attached hydrogens (tertiary/aromatic N) is 1. The number of carbonyl (C=O) groups excluding carboxylic acids is 1. The van der Waals surface area contributed by atoms with Crippen LogP contribution in [0.1, 0.15) is 16.1 Å². The Kier molecular flexibility index (Phi) is 3.81. The summed E-state index contributed by atoms with van der Waals surface area (Å²) in [7, 11) is 1.31. The molecule has 0 bridgehead atoms. The Morgan fingerprint density at radius 3 is 3.14 bits per heavy atom. The van der Waals surface area contributed by atoms with Gasteiger partial charge in [-0.3, -0.25) is 0 Å². The number of benzene rings is 1. The summed E-state index contributed by atoms with van der Waals surface area (Å²) in [5.74, 6) is -0.318. The lowest BCUT2D eigenvalue weighted by atomic mass is 10.2. The Hall–Kier alpha value is -2.05. The zero-order valence-electron chi connectivity index (χ0n) is 11.1. The van der Waals surface area contributed by atoms with Gasteiger partial charge >= 0.3 is 5.97 Å². The van der Waals surface area contributed by atoms with E-state index in [1.54, 1.807) is 22.9 Å². The van der Waals surface area contributed by atoms with Gasteiger partial charge in [0.15, 0.2) is 0 Å². The molecule has 0 fully saturated rings. The summed E-state index contributed by atoms with van der Waals surface area (Å²) in [5, 5.41) is 3.79. The first-order valence-corrected chi connectivity index (χ1v) is 7.36. The van der Waals surface area contributed by atoms with Crippen LogP contribution in [0.25, 0.3) is 10.2 Å². The molecule has 0 saturated heterocycles. The molecule has 108 valence electrons. The minimum Gasteiger partial charge on any atom is -0.463 e. The Balaban J connectivity index is 1.87. The molecule has 2 heterocycles. The molecule has 0 aliphatic rings. The number of rotatable bonds is 4. The third kappa shape index (κ3) is 2.59. The molecule has 0 radical (unpaired) electrons. The van der Waals surface area contributed by atoms with Gasteiger partial charge in [0.1, 0.15) is 5.52 Å². The monoisotopic (exact) mass is 322 g/mol. The van der Waals surface area contributed by atoms with Gasteiger partial charge in [0.2, 0.25) is 5.76 Å². The maximum absolute atomic E-state index is 11.6. The van der Waals surface area contributed by atoms with E-state index in [1.807, 2.05) is 12.1 Å². The highest BCUT2D eigenvalue weighted by atomic mass is 35.5. The van der Waals surface area contributed by atoms with E-state index in [1.165, 1.54) is 13.4 Å². The van der Waals surface area contributed by atoms with Crippen molar-refractivity contribution in [2.24, 2.45) is 0 Å². The normalized spacial score (nSPS) is 10.8. The quantitative estimate of drug-likeness (QED) is 0.737. The van der Waals surface area contributed by atoms with Crippen LogP contribution in [0.5, 0.6) is 0 Å². The van der Waals surface area contributed by atoms with Crippen molar-refractivity contribution in [3.63, 3.8) is 0 Å². The predicted octanol–water partition coefficient (Wildman–Crippen LogP) is 3.94. The number of nitrogens with one attached hydrogen (secondary N) is 1. The van der Waals surface area contributed by atoms with Crippen molar-refractivity contribution in [1.29, 1.82) is 0 Å². The van der Waals surface area contributed by atoms with Crippen molar-refractivity contribution >= 4 is 44.8 Å². The Labute approximate surface area is 129 Å². The van der Waals surface area contributed by atoms with Crippen molar-refractivity contribution in [2.45, 2.75) is 6.54 Å². The number of carbonyl (C=O) groups is 1. The fourth-order valence-corrected chi connectivity index (χ4v) is 2.91. The van der Waals surface area contributed by atoms with Gasteiger partial charge in [0.25, 0.3) is 0 Å². The highest BCUT2D eigenvalue weighted by Gasteiger charge is 2.16. The van der Waals surface area contributed by atoms with E-state index in [-0.39, 0.29) is 5.76 Å². The smallest absolute Gasteiger partial charge is 0.374 e. The van der Waals surface area contributed by atoms with Crippen LogP contribution in [0.3, 0.4) is 0 Å². The van der Waals surface area contributed by atoms with Crippen LogP contribution >= 0.6 is 22.9 Å². The molecule has 0 saturated carbocycles. The second-order valence-electron chi connectivity index (χ2n) is 4.24. The first-order valence-electron chi connectivity index (χ1n) is 6.11. The van der Waals surface area contributed by atoms with Gasteiger partial charge in [-0.05, 0) is 18.2 Å². The molecule has 1 aromatic carbocycles. The molecular formula is C14H11ClN2O3S. The van der Waals surface area contributed by atoms with E-state index in [9.17, 15) is 4.79 Å². The number of halogens is 1. The first-order chi connectivity index (χ1) is 10.2. The van der Waals surface area contributed by atoms with Crippen LogP contribution in [0.2, 0.25) is 5.02 Å². The zero-order chi connectivity index (χ0) is 14.8. The zero-order valence-corrected chi connectivity index (χ0v) is 12.6. The molecule has 7 heteroatoms. The molecule has 0 aliphatic carbocycles. The van der Waals surface area contributed by atoms with Crippen molar-refractivity contribution in [1.82, 2.24) is 4.98 Å². The van der Waals surface area contributed by atoms with Crippen LogP contribution in [-0.2, 0) is 11.3 Å². The van der Waals surface area contributed by atoms with E-state index >= 15 is 0 Å². The Bertz CT molecular complexity index is 796. The molecule has 3 aromatic rings. The standard InChI is InChI=1S/C14H11ClN2O3S/c1-19-14(18)13-8(4-5-20-13)6-16-11-9(15)2-3-10-12(11)17-7-21-10/h2-5,7,16H,6H2,1H3. The lowest BCUT2D eigenvalue weighted by Crippen LogP contribution is -2.07. The fraction of sp³-hybridized carbons (Fsp3) is 0.143. The molecule has 0 unspecified atom stereocenters. The molecule has 21 heavy (non-hydrogen) atoms. The van der Waals surface area contributed by atoms with Gasteiger partial charge in [0, 0.05) is 12.1 Å². The lowest BCUT2D eigenvalue weighted by molar-refractivity contribution is 0.0563. The largest absolute Gasteiger partial charge is 0.463 e. The molecule has 5 nitrogen and oxygen atoms in total. The van der Waals surface area contributed by atoms with Crippen molar-refractivity contribution in [3.05, 3.63) is 46.3 Å². The van der Waals surface area contributed by atoms with Crippen LogP contribution in [0.15, 0.2) is 34.4 Å². The van der Waals surface area contributed by atoms with Crippen LogP contribution in [-0.4, -0.2) is 18.1 Å². The lowest BCUT2D eigenvalue weighted by Gasteiger charge is -2.09. The summed E-state index contributed by atoms with van der Waals surface area (Å²) in [6, 6.07) is 5.47. The van der Waals surface area contributed by atoms with Crippen LogP contribution in [0.4, 0.5) is 5.69 Å². The van der Waals surface area contributed by atoms with Gasteiger partial charge in [-0.15, -0.1) is 11.3 Å². The van der Waals surface area contributed by atoms with Crippen LogP contribution < -0.4 is 5.32 Å². The molecule has 3 rings (SSSR count). The van der Waals surface area contributed by atoms with E-state index < -0.39 is 5.97 Å². The van der Waals surface area contributed by atoms with Gasteiger partial charge in [-0.25, -0.2) is 9.78 Å². The van der Waals surface area contributed by atoms with Gasteiger partial charge in [0.05, 0.1) is 34.3 Å². The highest BCUT2D eigenvalue weighted by molar-refractivity contribution is 7.16. The summed E-state index contributed by atoms with van der Waals surface area (Å²) >= 11 is 7.76. The summed E-state index contributed by atoms with van der Waals surface area (Å²) in [5.41, 5.74) is 4.03. The van der Waals surface area contributed by atoms with Gasteiger partial charge in [-0.1, -0.05) is 11.6 Å². The average Bonchev–Trinajstić information content (AvgIpc) is 3.14. The topological polar surface area (TPSA) is 64.4 Å². The van der Waals surface area contributed by atoms with Gasteiger partial charge in [-0.2, -0.15) is 0 Å². The van der Waals surface area contributed by atoms with Crippen molar-refractivity contribution in [3.8, 4) is 0 Å². The van der Waals surface area contributed by atoms with E-state index in [0.29, 0.717) is 17.1 Å². The number of fused-ring (bicyclic) bond motifs is 1. The summed E-state index contributed by atoms with van der Waals surface area (Å²) in [6.45, 7) is 0.386.